The monoisotopic (exact) mass is 299 g/mol. The standard InChI is InChI=1S/C17H21N3O2/c1-19(16(21)12-7-3-2-4-8-12)20-15-10-6-5-9-13(15)14(11-18)17(20)22/h10,12H,2-9H2,1H3. The number of rotatable bonds is 2. The Bertz CT molecular complexity index is 606. The lowest BCUT2D eigenvalue weighted by molar-refractivity contribution is -0.156. The van der Waals surface area contributed by atoms with Crippen LogP contribution in [0.25, 0.3) is 0 Å². The number of carbonyl (C=O) groups excluding carboxylic acids is 2. The Labute approximate surface area is 130 Å². The van der Waals surface area contributed by atoms with Crippen LogP contribution in [0.1, 0.15) is 51.4 Å². The Morgan fingerprint density at radius 1 is 1.32 bits per heavy atom. The van der Waals surface area contributed by atoms with E-state index in [9.17, 15) is 14.9 Å². The molecule has 1 heterocycles. The molecule has 0 bridgehead atoms. The van der Waals surface area contributed by atoms with E-state index in [4.69, 9.17) is 0 Å². The van der Waals surface area contributed by atoms with Gasteiger partial charge in [0.2, 0.25) is 5.91 Å². The minimum absolute atomic E-state index is 0.00179. The van der Waals surface area contributed by atoms with Crippen molar-refractivity contribution in [2.24, 2.45) is 5.92 Å². The van der Waals surface area contributed by atoms with E-state index < -0.39 is 0 Å². The Morgan fingerprint density at radius 2 is 2.05 bits per heavy atom. The predicted molar refractivity (Wildman–Crippen MR) is 80.8 cm³/mol. The highest BCUT2D eigenvalue weighted by Crippen LogP contribution is 2.37. The Balaban J connectivity index is 1.85. The number of carbonyl (C=O) groups is 2. The number of hydrogen-bond acceptors (Lipinski definition) is 3. The van der Waals surface area contributed by atoms with Crippen molar-refractivity contribution in [3.8, 4) is 6.07 Å². The lowest BCUT2D eigenvalue weighted by Crippen LogP contribution is -2.47. The summed E-state index contributed by atoms with van der Waals surface area (Å²) in [6, 6.07) is 2.03. The number of nitrogens with zero attached hydrogens (tertiary/aromatic N) is 3. The predicted octanol–water partition coefficient (Wildman–Crippen LogP) is 2.67. The lowest BCUT2D eigenvalue weighted by atomic mass is 9.88. The molecular weight excluding hydrogens is 278 g/mol. The van der Waals surface area contributed by atoms with Gasteiger partial charge >= 0.3 is 0 Å². The SMILES string of the molecule is CN(C(=O)C1CCCCC1)N1C(=O)C(C#N)=C2CCCC=C21. The van der Waals surface area contributed by atoms with Crippen LogP contribution in [0.15, 0.2) is 22.9 Å². The first-order valence-corrected chi connectivity index (χ1v) is 8.11. The van der Waals surface area contributed by atoms with Crippen molar-refractivity contribution < 1.29 is 9.59 Å². The zero-order chi connectivity index (χ0) is 15.7. The molecule has 0 radical (unpaired) electrons. The molecule has 3 aliphatic rings. The van der Waals surface area contributed by atoms with Crippen LogP contribution in [-0.4, -0.2) is 28.9 Å². The zero-order valence-corrected chi connectivity index (χ0v) is 13.0. The molecule has 22 heavy (non-hydrogen) atoms. The van der Waals surface area contributed by atoms with Gasteiger partial charge in [0.05, 0.1) is 5.70 Å². The Kier molecular flexibility index (Phi) is 4.02. The fourth-order valence-corrected chi connectivity index (χ4v) is 3.71. The quantitative estimate of drug-likeness (QED) is 0.787. The molecule has 5 heteroatoms. The molecule has 0 aromatic rings. The van der Waals surface area contributed by atoms with Crippen LogP contribution in [0.5, 0.6) is 0 Å². The largest absolute Gasteiger partial charge is 0.288 e. The summed E-state index contributed by atoms with van der Waals surface area (Å²) >= 11 is 0. The molecule has 116 valence electrons. The van der Waals surface area contributed by atoms with Crippen LogP contribution >= 0.6 is 0 Å². The number of fused-ring (bicyclic) bond motifs is 1. The number of amides is 2. The minimum atomic E-state index is -0.350. The van der Waals surface area contributed by atoms with E-state index in [2.05, 4.69) is 0 Å². The fraction of sp³-hybridized carbons (Fsp3) is 0.588. The number of hydrogen-bond donors (Lipinski definition) is 0. The third kappa shape index (κ3) is 2.33. The van der Waals surface area contributed by atoms with Gasteiger partial charge in [-0.2, -0.15) is 5.26 Å². The summed E-state index contributed by atoms with van der Waals surface area (Å²) in [5.41, 5.74) is 1.76. The smallest absolute Gasteiger partial charge is 0.273 e. The van der Waals surface area contributed by atoms with Crippen LogP contribution in [-0.2, 0) is 9.59 Å². The van der Waals surface area contributed by atoms with Gasteiger partial charge in [-0.15, -0.1) is 0 Å². The van der Waals surface area contributed by atoms with Gasteiger partial charge in [-0.25, -0.2) is 10.0 Å². The third-order valence-electron chi connectivity index (χ3n) is 4.90. The van der Waals surface area contributed by atoms with Crippen LogP contribution < -0.4 is 0 Å². The Morgan fingerprint density at radius 3 is 2.73 bits per heavy atom. The molecule has 1 fully saturated rings. The summed E-state index contributed by atoms with van der Waals surface area (Å²) in [6.45, 7) is 0. The van der Waals surface area contributed by atoms with Crippen molar-refractivity contribution in [3.05, 3.63) is 22.9 Å². The maximum Gasteiger partial charge on any atom is 0.288 e. The van der Waals surface area contributed by atoms with Gasteiger partial charge < -0.3 is 0 Å². The topological polar surface area (TPSA) is 64.4 Å². The number of hydrazine groups is 1. The first kappa shape index (κ1) is 14.8. The van der Waals surface area contributed by atoms with Gasteiger partial charge in [0.1, 0.15) is 11.6 Å². The molecule has 2 aliphatic carbocycles. The molecule has 1 saturated carbocycles. The van der Waals surface area contributed by atoms with Crippen LogP contribution in [0.3, 0.4) is 0 Å². The minimum Gasteiger partial charge on any atom is -0.273 e. The summed E-state index contributed by atoms with van der Waals surface area (Å²) in [5.74, 6) is -0.347. The summed E-state index contributed by atoms with van der Waals surface area (Å²) in [5, 5.41) is 12.1. The zero-order valence-electron chi connectivity index (χ0n) is 13.0. The molecule has 1 aliphatic heterocycles. The maximum atomic E-state index is 12.7. The van der Waals surface area contributed by atoms with Gasteiger partial charge in [0.25, 0.3) is 5.91 Å². The van der Waals surface area contributed by atoms with Crippen molar-refractivity contribution in [3.63, 3.8) is 0 Å². The van der Waals surface area contributed by atoms with Crippen molar-refractivity contribution in [2.45, 2.75) is 51.4 Å². The van der Waals surface area contributed by atoms with Crippen molar-refractivity contribution in [1.82, 2.24) is 10.0 Å². The molecule has 0 saturated heterocycles. The molecule has 0 N–H and O–H groups in total. The van der Waals surface area contributed by atoms with Crippen molar-refractivity contribution in [2.75, 3.05) is 7.05 Å². The second-order valence-corrected chi connectivity index (χ2v) is 6.26. The molecule has 0 atom stereocenters. The van der Waals surface area contributed by atoms with E-state index in [0.717, 1.165) is 56.2 Å². The number of allylic oxidation sites excluding steroid dienone is 2. The average Bonchev–Trinajstić information content (AvgIpc) is 2.85. The summed E-state index contributed by atoms with van der Waals surface area (Å²) in [6.07, 6.45) is 9.69. The molecule has 0 unspecified atom stereocenters. The summed E-state index contributed by atoms with van der Waals surface area (Å²) in [4.78, 5) is 25.2. The highest BCUT2D eigenvalue weighted by Gasteiger charge is 2.41. The van der Waals surface area contributed by atoms with Gasteiger partial charge in [-0.3, -0.25) is 9.59 Å². The van der Waals surface area contributed by atoms with Gasteiger partial charge in [0.15, 0.2) is 0 Å². The molecule has 5 nitrogen and oxygen atoms in total. The fourth-order valence-electron chi connectivity index (χ4n) is 3.71. The first-order valence-electron chi connectivity index (χ1n) is 8.11. The van der Waals surface area contributed by atoms with Gasteiger partial charge in [-0.05, 0) is 32.1 Å². The first-order chi connectivity index (χ1) is 10.6. The lowest BCUT2D eigenvalue weighted by Gasteiger charge is -2.34. The molecular formula is C17H21N3O2. The van der Waals surface area contributed by atoms with Crippen LogP contribution in [0.4, 0.5) is 0 Å². The second-order valence-electron chi connectivity index (χ2n) is 6.26. The highest BCUT2D eigenvalue weighted by atomic mass is 16.2. The van der Waals surface area contributed by atoms with E-state index in [1.165, 1.54) is 16.4 Å². The molecule has 0 aromatic carbocycles. The maximum absolute atomic E-state index is 12.7. The second kappa shape index (κ2) is 5.96. The molecule has 0 spiro atoms. The van der Waals surface area contributed by atoms with E-state index in [-0.39, 0.29) is 23.3 Å². The highest BCUT2D eigenvalue weighted by molar-refractivity contribution is 6.04. The summed E-state index contributed by atoms with van der Waals surface area (Å²) in [7, 11) is 1.65. The van der Waals surface area contributed by atoms with E-state index in [1.54, 1.807) is 7.05 Å². The number of nitriles is 1. The van der Waals surface area contributed by atoms with Crippen LogP contribution in [0, 0.1) is 17.2 Å². The summed E-state index contributed by atoms with van der Waals surface area (Å²) < 4.78 is 0. The van der Waals surface area contributed by atoms with E-state index >= 15 is 0 Å². The Hall–Kier alpha value is -2.09. The van der Waals surface area contributed by atoms with Crippen LogP contribution in [0.2, 0.25) is 0 Å². The normalized spacial score (nSPS) is 22.3. The molecule has 0 aromatic heterocycles. The molecule has 3 rings (SSSR count). The van der Waals surface area contributed by atoms with Gasteiger partial charge in [-0.1, -0.05) is 25.3 Å². The average molecular weight is 299 g/mol. The van der Waals surface area contributed by atoms with Crippen molar-refractivity contribution >= 4 is 11.8 Å². The molecule has 2 amide bonds. The van der Waals surface area contributed by atoms with Crippen molar-refractivity contribution in [1.29, 1.82) is 5.26 Å². The van der Waals surface area contributed by atoms with E-state index in [0.29, 0.717) is 0 Å². The third-order valence-corrected chi connectivity index (χ3v) is 4.90. The van der Waals surface area contributed by atoms with Gasteiger partial charge in [0, 0.05) is 18.5 Å². The van der Waals surface area contributed by atoms with E-state index in [1.807, 2.05) is 12.1 Å².